The first kappa shape index (κ1) is 29.8. The van der Waals surface area contributed by atoms with Crippen molar-refractivity contribution in [2.24, 2.45) is 0 Å². The number of sulfonamides is 1. The molecule has 5 rings (SSSR count). The van der Waals surface area contributed by atoms with Gasteiger partial charge in [0.1, 0.15) is 5.75 Å². The van der Waals surface area contributed by atoms with Crippen LogP contribution < -0.4 is 9.64 Å². The molecule has 0 fully saturated rings. The Bertz CT molecular complexity index is 1670. The molecule has 1 amide bonds. The number of para-hydroxylation sites is 1. The number of hydrogen-bond acceptors (Lipinski definition) is 4. The molecule has 1 unspecified atom stereocenters. The van der Waals surface area contributed by atoms with E-state index in [-0.39, 0.29) is 29.8 Å². The van der Waals surface area contributed by atoms with Crippen LogP contribution in [0.1, 0.15) is 60.2 Å². The van der Waals surface area contributed by atoms with Crippen molar-refractivity contribution in [1.29, 1.82) is 0 Å². The number of rotatable bonds is 8. The lowest BCUT2D eigenvalue weighted by atomic mass is 9.79. The van der Waals surface area contributed by atoms with Crippen molar-refractivity contribution in [2.75, 3.05) is 12.0 Å². The van der Waals surface area contributed by atoms with Gasteiger partial charge in [-0.3, -0.25) is 9.69 Å². The predicted molar refractivity (Wildman–Crippen MR) is 168 cm³/mol. The minimum Gasteiger partial charge on any atom is -0.495 e. The van der Waals surface area contributed by atoms with Gasteiger partial charge < -0.3 is 4.74 Å². The van der Waals surface area contributed by atoms with E-state index in [1.54, 1.807) is 31.4 Å². The van der Waals surface area contributed by atoms with Crippen molar-refractivity contribution in [1.82, 2.24) is 4.31 Å². The van der Waals surface area contributed by atoms with E-state index >= 15 is 0 Å². The van der Waals surface area contributed by atoms with E-state index in [0.717, 1.165) is 28.8 Å². The Hall–Kier alpha value is -3.65. The minimum atomic E-state index is -3.83. The second-order valence-electron chi connectivity index (χ2n) is 11.4. The number of hydrogen-bond donors (Lipinski definition) is 0. The number of halogens is 1. The van der Waals surface area contributed by atoms with Gasteiger partial charge in [0, 0.05) is 29.2 Å². The molecule has 0 saturated heterocycles. The third-order valence-electron chi connectivity index (χ3n) is 7.83. The second-order valence-corrected chi connectivity index (χ2v) is 13.7. The van der Waals surface area contributed by atoms with Gasteiger partial charge in [0.15, 0.2) is 0 Å². The molecule has 1 heterocycles. The molecule has 0 N–H and O–H groups in total. The normalized spacial score (nSPS) is 16.2. The van der Waals surface area contributed by atoms with Gasteiger partial charge >= 0.3 is 0 Å². The van der Waals surface area contributed by atoms with Gasteiger partial charge in [-0.2, -0.15) is 4.31 Å². The maximum Gasteiger partial charge on any atom is 0.258 e. The highest BCUT2D eigenvalue weighted by Gasteiger charge is 2.42. The monoisotopic (exact) mass is 602 g/mol. The van der Waals surface area contributed by atoms with E-state index in [0.29, 0.717) is 16.3 Å². The largest absolute Gasteiger partial charge is 0.495 e. The molecule has 0 saturated carbocycles. The van der Waals surface area contributed by atoms with Gasteiger partial charge in [-0.1, -0.05) is 73.1 Å². The number of methoxy groups -OCH3 is 1. The van der Waals surface area contributed by atoms with Crippen LogP contribution in [0.25, 0.3) is 0 Å². The second kappa shape index (κ2) is 11.9. The summed E-state index contributed by atoms with van der Waals surface area (Å²) in [6, 6.07) is 28.8. The average molecular weight is 603 g/mol. The van der Waals surface area contributed by atoms with E-state index in [1.807, 2.05) is 59.5 Å². The standard InChI is InChI=1S/C34H35ClN2O4S/c1-24-21-34(2,3)37(32-30(24)11-8-12-31(32)41-4)33(38)27-15-13-26(14-16-27)23-36(22-25-9-6-5-7-10-25)42(39,40)29-19-17-28(35)18-20-29/h5-20,24H,21-23H2,1-4H3. The van der Waals surface area contributed by atoms with Crippen molar-refractivity contribution in [2.45, 2.75) is 56.6 Å². The predicted octanol–water partition coefficient (Wildman–Crippen LogP) is 7.67. The molecular weight excluding hydrogens is 568 g/mol. The molecule has 8 heteroatoms. The van der Waals surface area contributed by atoms with E-state index in [9.17, 15) is 13.2 Å². The molecule has 42 heavy (non-hydrogen) atoms. The van der Waals surface area contributed by atoms with Crippen molar-refractivity contribution in [3.63, 3.8) is 0 Å². The maximum absolute atomic E-state index is 14.1. The van der Waals surface area contributed by atoms with Crippen LogP contribution >= 0.6 is 11.6 Å². The molecule has 0 spiro atoms. The molecule has 218 valence electrons. The summed E-state index contributed by atoms with van der Waals surface area (Å²) in [4.78, 5) is 16.1. The number of fused-ring (bicyclic) bond motifs is 1. The molecule has 0 aliphatic carbocycles. The summed E-state index contributed by atoms with van der Waals surface area (Å²) in [7, 11) is -2.21. The summed E-state index contributed by atoms with van der Waals surface area (Å²) in [5, 5.41) is 0.468. The quantitative estimate of drug-likeness (QED) is 0.207. The minimum absolute atomic E-state index is 0.126. The lowest BCUT2D eigenvalue weighted by molar-refractivity contribution is 0.0952. The van der Waals surface area contributed by atoms with Crippen molar-refractivity contribution >= 4 is 33.2 Å². The van der Waals surface area contributed by atoms with Gasteiger partial charge in [-0.05, 0) is 85.3 Å². The van der Waals surface area contributed by atoms with Crippen LogP contribution in [-0.2, 0) is 23.1 Å². The molecule has 1 aliphatic rings. The Balaban J connectivity index is 1.45. The SMILES string of the molecule is COc1cccc2c1N(C(=O)c1ccc(CN(Cc3ccccc3)S(=O)(=O)c3ccc(Cl)cc3)cc1)C(C)(C)CC2C. The van der Waals surface area contributed by atoms with Crippen LogP contribution in [0.4, 0.5) is 5.69 Å². The highest BCUT2D eigenvalue weighted by molar-refractivity contribution is 7.89. The van der Waals surface area contributed by atoms with Gasteiger partial charge in [-0.15, -0.1) is 0 Å². The number of carbonyl (C=O) groups excluding carboxylic acids is 1. The number of ether oxygens (including phenoxy) is 1. The Labute approximate surface area is 253 Å². The van der Waals surface area contributed by atoms with Gasteiger partial charge in [0.25, 0.3) is 5.91 Å². The summed E-state index contributed by atoms with van der Waals surface area (Å²) >= 11 is 6.02. The molecule has 0 aromatic heterocycles. The average Bonchev–Trinajstić information content (AvgIpc) is 2.97. The number of amides is 1. The lowest BCUT2D eigenvalue weighted by Gasteiger charge is -2.46. The van der Waals surface area contributed by atoms with Gasteiger partial charge in [-0.25, -0.2) is 8.42 Å². The first-order chi connectivity index (χ1) is 20.0. The van der Waals surface area contributed by atoms with Crippen LogP contribution in [0.2, 0.25) is 5.02 Å². The smallest absolute Gasteiger partial charge is 0.258 e. The third-order valence-corrected chi connectivity index (χ3v) is 9.89. The molecule has 4 aromatic rings. The van der Waals surface area contributed by atoms with Crippen LogP contribution in [0, 0.1) is 0 Å². The van der Waals surface area contributed by atoms with Crippen LogP contribution in [0.15, 0.2) is 102 Å². The summed E-state index contributed by atoms with van der Waals surface area (Å²) in [5.74, 6) is 0.815. The van der Waals surface area contributed by atoms with Crippen LogP contribution in [-0.4, -0.2) is 31.3 Å². The molecule has 0 radical (unpaired) electrons. The molecule has 4 aromatic carbocycles. The maximum atomic E-state index is 14.1. The van der Waals surface area contributed by atoms with Crippen molar-refractivity contribution in [3.8, 4) is 5.75 Å². The zero-order valence-corrected chi connectivity index (χ0v) is 25.8. The summed E-state index contributed by atoms with van der Waals surface area (Å²) in [6.07, 6.45) is 0.813. The Kier molecular flexibility index (Phi) is 8.46. The highest BCUT2D eigenvalue weighted by atomic mass is 35.5. The molecular formula is C34H35ClN2O4S. The summed E-state index contributed by atoms with van der Waals surface area (Å²) < 4.78 is 34.6. The topological polar surface area (TPSA) is 66.9 Å². The number of benzene rings is 4. The first-order valence-corrected chi connectivity index (χ1v) is 15.7. The number of nitrogens with zero attached hydrogens (tertiary/aromatic N) is 2. The van der Waals surface area contributed by atoms with Crippen LogP contribution in [0.3, 0.4) is 0 Å². The summed E-state index contributed by atoms with van der Waals surface area (Å²) in [5.41, 5.74) is 3.62. The Morgan fingerprint density at radius 3 is 2.14 bits per heavy atom. The highest BCUT2D eigenvalue weighted by Crippen LogP contribution is 2.48. The molecule has 1 atom stereocenters. The molecule has 1 aliphatic heterocycles. The van der Waals surface area contributed by atoms with Crippen molar-refractivity contribution < 1.29 is 17.9 Å². The Morgan fingerprint density at radius 2 is 1.52 bits per heavy atom. The van der Waals surface area contributed by atoms with Gasteiger partial charge in [0.2, 0.25) is 10.0 Å². The first-order valence-electron chi connectivity index (χ1n) is 13.9. The van der Waals surface area contributed by atoms with Crippen molar-refractivity contribution in [3.05, 3.63) is 124 Å². The molecule has 6 nitrogen and oxygen atoms in total. The number of anilines is 1. The van der Waals surface area contributed by atoms with E-state index in [2.05, 4.69) is 26.8 Å². The fourth-order valence-corrected chi connectivity index (χ4v) is 7.37. The van der Waals surface area contributed by atoms with Gasteiger partial charge in [0.05, 0.1) is 17.7 Å². The van der Waals surface area contributed by atoms with E-state index in [1.165, 1.54) is 16.4 Å². The zero-order valence-electron chi connectivity index (χ0n) is 24.2. The Morgan fingerprint density at radius 1 is 0.905 bits per heavy atom. The molecule has 0 bridgehead atoms. The number of carbonyl (C=O) groups is 1. The zero-order chi connectivity index (χ0) is 30.1. The fourth-order valence-electron chi connectivity index (χ4n) is 5.82. The summed E-state index contributed by atoms with van der Waals surface area (Å²) in [6.45, 7) is 6.67. The third kappa shape index (κ3) is 5.95. The lowest BCUT2D eigenvalue weighted by Crippen LogP contribution is -2.51. The van der Waals surface area contributed by atoms with Crippen LogP contribution in [0.5, 0.6) is 5.75 Å². The van der Waals surface area contributed by atoms with E-state index in [4.69, 9.17) is 16.3 Å². The fraction of sp³-hybridized carbons (Fsp3) is 0.265. The van der Waals surface area contributed by atoms with E-state index < -0.39 is 15.6 Å².